The van der Waals surface area contributed by atoms with E-state index >= 15 is 0 Å². The average molecular weight is 530 g/mol. The lowest BCUT2D eigenvalue weighted by Crippen LogP contribution is -2.57. The first-order chi connectivity index (χ1) is 17.9. The Labute approximate surface area is 221 Å². The summed E-state index contributed by atoms with van der Waals surface area (Å²) in [5.74, 6) is -0.988. The van der Waals surface area contributed by atoms with E-state index in [4.69, 9.17) is 0 Å². The first-order valence-corrected chi connectivity index (χ1v) is 13.0. The summed E-state index contributed by atoms with van der Waals surface area (Å²) >= 11 is 0. The van der Waals surface area contributed by atoms with Crippen LogP contribution in [0, 0.1) is 11.3 Å². The molecule has 38 heavy (non-hydrogen) atoms. The van der Waals surface area contributed by atoms with E-state index in [1.54, 1.807) is 23.6 Å². The average Bonchev–Trinajstić information content (AvgIpc) is 2.89. The maximum Gasteiger partial charge on any atom is 0.416 e. The predicted octanol–water partition coefficient (Wildman–Crippen LogP) is 4.71. The summed E-state index contributed by atoms with van der Waals surface area (Å²) in [5.41, 5.74) is -0.137. The molecular formula is C29H34F3N3O3. The number of amides is 3. The zero-order valence-electron chi connectivity index (χ0n) is 21.9. The zero-order chi connectivity index (χ0) is 27.7. The topological polar surface area (TPSA) is 69.7 Å². The molecule has 0 aliphatic carbocycles. The number of carbonyl (C=O) groups excluding carboxylic acids is 3. The Kier molecular flexibility index (Phi) is 7.85. The number of piperidine rings is 2. The summed E-state index contributed by atoms with van der Waals surface area (Å²) < 4.78 is 39.3. The first kappa shape index (κ1) is 27.7. The molecule has 2 aliphatic heterocycles. The lowest BCUT2D eigenvalue weighted by molar-refractivity contribution is -0.143. The van der Waals surface area contributed by atoms with Crippen molar-refractivity contribution in [1.29, 1.82) is 0 Å². The van der Waals surface area contributed by atoms with Gasteiger partial charge in [0.25, 0.3) is 5.91 Å². The lowest BCUT2D eigenvalue weighted by Gasteiger charge is -2.51. The van der Waals surface area contributed by atoms with Crippen molar-refractivity contribution in [2.75, 3.05) is 26.7 Å². The molecule has 1 unspecified atom stereocenters. The number of rotatable bonds is 5. The van der Waals surface area contributed by atoms with Gasteiger partial charge in [-0.3, -0.25) is 14.4 Å². The summed E-state index contributed by atoms with van der Waals surface area (Å²) in [6, 6.07) is 13.4. The van der Waals surface area contributed by atoms with Crippen LogP contribution in [0.4, 0.5) is 13.2 Å². The minimum atomic E-state index is -4.57. The van der Waals surface area contributed by atoms with Gasteiger partial charge in [-0.15, -0.1) is 0 Å². The van der Waals surface area contributed by atoms with Crippen molar-refractivity contribution < 1.29 is 27.6 Å². The van der Waals surface area contributed by atoms with E-state index in [0.29, 0.717) is 38.9 Å². The van der Waals surface area contributed by atoms with Crippen LogP contribution in [0.1, 0.15) is 60.5 Å². The Morgan fingerprint density at radius 2 is 1.68 bits per heavy atom. The highest BCUT2D eigenvalue weighted by atomic mass is 19.4. The van der Waals surface area contributed by atoms with Gasteiger partial charge in [0.1, 0.15) is 6.04 Å². The van der Waals surface area contributed by atoms with Crippen molar-refractivity contribution in [3.63, 3.8) is 0 Å². The number of nitrogens with one attached hydrogen (secondary N) is 1. The van der Waals surface area contributed by atoms with Crippen LogP contribution in [0.2, 0.25) is 0 Å². The molecule has 0 bridgehead atoms. The molecule has 0 aromatic heterocycles. The highest BCUT2D eigenvalue weighted by Crippen LogP contribution is 2.50. The summed E-state index contributed by atoms with van der Waals surface area (Å²) in [6.45, 7) is 5.10. The molecule has 2 aromatic carbocycles. The standard InChI is InChI=1S/C29H34F3N3O3/c1-19(2)25(33-26(37)21-10-7-11-22(16-21)29(30,31)32)27(38)35-14-12-28(13-15-35)17-24(36)34(3)18-23(28)20-8-5-4-6-9-20/h4-11,16,19,23,25H,12-15,17-18H2,1-3H3,(H,33,37)/t23?,25-/m1/s1. The normalized spacial score (nSPS) is 20.5. The Bertz CT molecular complexity index is 1170. The Hall–Kier alpha value is -3.36. The SMILES string of the molecule is CC(C)[C@@H](NC(=O)c1cccc(C(F)(F)F)c1)C(=O)N1CCC2(CC1)CC(=O)N(C)CC2c1ccccc1. The van der Waals surface area contributed by atoms with E-state index in [0.717, 1.165) is 12.1 Å². The quantitative estimate of drug-likeness (QED) is 0.610. The molecule has 4 rings (SSSR count). The van der Waals surface area contributed by atoms with Crippen molar-refractivity contribution in [3.8, 4) is 0 Å². The summed E-state index contributed by atoms with van der Waals surface area (Å²) in [7, 11) is 1.82. The first-order valence-electron chi connectivity index (χ1n) is 13.0. The van der Waals surface area contributed by atoms with Crippen molar-refractivity contribution in [1.82, 2.24) is 15.1 Å². The second-order valence-electron chi connectivity index (χ2n) is 10.9. The highest BCUT2D eigenvalue weighted by molar-refractivity contribution is 5.97. The number of likely N-dealkylation sites (tertiary alicyclic amines) is 2. The molecule has 0 radical (unpaired) electrons. The molecule has 2 saturated heterocycles. The molecule has 0 saturated carbocycles. The molecular weight excluding hydrogens is 495 g/mol. The minimum Gasteiger partial charge on any atom is -0.345 e. The third-order valence-corrected chi connectivity index (χ3v) is 8.07. The van der Waals surface area contributed by atoms with Crippen molar-refractivity contribution >= 4 is 17.7 Å². The summed E-state index contributed by atoms with van der Waals surface area (Å²) in [5, 5.41) is 2.67. The number of nitrogens with zero attached hydrogens (tertiary/aromatic N) is 2. The molecule has 2 fully saturated rings. The summed E-state index contributed by atoms with van der Waals surface area (Å²) in [6.07, 6.45) is -2.83. The van der Waals surface area contributed by atoms with Gasteiger partial charge in [-0.1, -0.05) is 50.2 Å². The second-order valence-corrected chi connectivity index (χ2v) is 10.9. The van der Waals surface area contributed by atoms with Crippen molar-refractivity contribution in [2.24, 2.45) is 11.3 Å². The van der Waals surface area contributed by atoms with Crippen LogP contribution in [0.15, 0.2) is 54.6 Å². The van der Waals surface area contributed by atoms with Crippen LogP contribution in [0.25, 0.3) is 0 Å². The fourth-order valence-corrected chi connectivity index (χ4v) is 5.74. The number of likely N-dealkylation sites (N-methyl/N-ethyl adjacent to an activating group) is 1. The van der Waals surface area contributed by atoms with Gasteiger partial charge in [-0.2, -0.15) is 13.2 Å². The number of alkyl halides is 3. The maximum atomic E-state index is 13.5. The van der Waals surface area contributed by atoms with Gasteiger partial charge in [0, 0.05) is 44.6 Å². The van der Waals surface area contributed by atoms with Crippen molar-refractivity contribution in [2.45, 2.75) is 51.2 Å². The Morgan fingerprint density at radius 3 is 2.29 bits per heavy atom. The molecule has 2 aliphatic rings. The van der Waals surface area contributed by atoms with Crippen LogP contribution >= 0.6 is 0 Å². The van der Waals surface area contributed by atoms with Gasteiger partial charge in [0.15, 0.2) is 0 Å². The van der Waals surface area contributed by atoms with E-state index in [1.165, 1.54) is 17.7 Å². The molecule has 6 nitrogen and oxygen atoms in total. The van der Waals surface area contributed by atoms with Gasteiger partial charge in [-0.05, 0) is 47.9 Å². The maximum absolute atomic E-state index is 13.5. The van der Waals surface area contributed by atoms with Crippen LogP contribution in [0.5, 0.6) is 0 Å². The van der Waals surface area contributed by atoms with E-state index < -0.39 is 23.7 Å². The third kappa shape index (κ3) is 5.71. The third-order valence-electron chi connectivity index (χ3n) is 8.07. The van der Waals surface area contributed by atoms with Gasteiger partial charge >= 0.3 is 6.18 Å². The monoisotopic (exact) mass is 529 g/mol. The molecule has 2 heterocycles. The molecule has 204 valence electrons. The lowest BCUT2D eigenvalue weighted by atomic mass is 9.62. The number of benzene rings is 2. The molecule has 1 spiro atoms. The molecule has 3 amide bonds. The molecule has 9 heteroatoms. The van der Waals surface area contributed by atoms with Gasteiger partial charge in [0.05, 0.1) is 5.56 Å². The molecule has 2 atom stereocenters. The fraction of sp³-hybridized carbons (Fsp3) is 0.483. The Balaban J connectivity index is 1.48. The number of hydrogen-bond acceptors (Lipinski definition) is 3. The van der Waals surface area contributed by atoms with Gasteiger partial charge in [-0.25, -0.2) is 0 Å². The largest absolute Gasteiger partial charge is 0.416 e. The molecule has 1 N–H and O–H groups in total. The highest BCUT2D eigenvalue weighted by Gasteiger charge is 2.48. The van der Waals surface area contributed by atoms with E-state index in [2.05, 4.69) is 17.4 Å². The van der Waals surface area contributed by atoms with E-state index in [-0.39, 0.29) is 34.6 Å². The fourth-order valence-electron chi connectivity index (χ4n) is 5.74. The van der Waals surface area contributed by atoms with Crippen molar-refractivity contribution in [3.05, 3.63) is 71.3 Å². The van der Waals surface area contributed by atoms with Crippen LogP contribution in [-0.2, 0) is 15.8 Å². The van der Waals surface area contributed by atoms with Crippen LogP contribution < -0.4 is 5.32 Å². The van der Waals surface area contributed by atoms with E-state index in [9.17, 15) is 27.6 Å². The van der Waals surface area contributed by atoms with Gasteiger partial charge in [0.2, 0.25) is 11.8 Å². The van der Waals surface area contributed by atoms with Crippen LogP contribution in [-0.4, -0.2) is 60.2 Å². The number of halogens is 3. The minimum absolute atomic E-state index is 0.102. The van der Waals surface area contributed by atoms with E-state index in [1.807, 2.05) is 25.2 Å². The summed E-state index contributed by atoms with van der Waals surface area (Å²) in [4.78, 5) is 42.6. The number of carbonyl (C=O) groups is 3. The number of hydrogen-bond donors (Lipinski definition) is 1. The zero-order valence-corrected chi connectivity index (χ0v) is 21.9. The second kappa shape index (κ2) is 10.8. The smallest absolute Gasteiger partial charge is 0.345 e. The van der Waals surface area contributed by atoms with Crippen LogP contribution in [0.3, 0.4) is 0 Å². The Morgan fingerprint density at radius 1 is 1.03 bits per heavy atom. The van der Waals surface area contributed by atoms with Gasteiger partial charge < -0.3 is 15.1 Å². The molecule has 2 aromatic rings. The predicted molar refractivity (Wildman–Crippen MR) is 137 cm³/mol.